The first kappa shape index (κ1) is 28.8. The maximum Gasteiger partial charge on any atom is 0.138 e. The van der Waals surface area contributed by atoms with Crippen LogP contribution in [0.5, 0.6) is 0 Å². The Balaban J connectivity index is -0.000000464. The van der Waals surface area contributed by atoms with Crippen LogP contribution in [-0.2, 0) is 14.4 Å². The molecule has 0 radical (unpaired) electrons. The van der Waals surface area contributed by atoms with Crippen LogP contribution in [0.3, 0.4) is 0 Å². The number of carbonyl (C=O) groups is 3. The predicted octanol–water partition coefficient (Wildman–Crippen LogP) is 6.14. The van der Waals surface area contributed by atoms with Gasteiger partial charge in [0.05, 0.1) is 0 Å². The first-order chi connectivity index (χ1) is 10.0. The first-order valence-electron chi connectivity index (χ1n) is 8.56. The normalized spacial score (nSPS) is 21.4. The topological polar surface area (TPSA) is 51.2 Å². The smallest absolute Gasteiger partial charge is 0.138 e. The van der Waals surface area contributed by atoms with E-state index in [4.69, 9.17) is 0 Å². The molecule has 0 aromatic heterocycles. The van der Waals surface area contributed by atoms with Crippen molar-refractivity contribution in [1.29, 1.82) is 0 Å². The van der Waals surface area contributed by atoms with E-state index in [1.165, 1.54) is 0 Å². The quantitative estimate of drug-likeness (QED) is 0.610. The third-order valence-corrected chi connectivity index (χ3v) is 5.29. The van der Waals surface area contributed by atoms with Crippen LogP contribution in [0.25, 0.3) is 0 Å². The van der Waals surface area contributed by atoms with Crippen molar-refractivity contribution >= 4 is 17.3 Å². The summed E-state index contributed by atoms with van der Waals surface area (Å²) in [5.74, 6) is 1.36. The summed E-state index contributed by atoms with van der Waals surface area (Å²) in [7, 11) is 0. The monoisotopic (exact) mass is 356 g/mol. The molecule has 0 heterocycles. The molecule has 1 saturated carbocycles. The van der Waals surface area contributed by atoms with Crippen molar-refractivity contribution in [2.45, 2.75) is 96.9 Å². The molecule has 150 valence electrons. The molecule has 0 spiro atoms. The minimum atomic E-state index is -0.253. The Morgan fingerprint density at radius 3 is 1.44 bits per heavy atom. The SMILES string of the molecule is C.C.CC(=O)C(C)(C)C.CC(=O)C1CC(CC(=O)C(C)(C)C)C1(C)C. The molecular weight excluding hydrogens is 312 g/mol. The van der Waals surface area contributed by atoms with Gasteiger partial charge in [-0.2, -0.15) is 0 Å². The third kappa shape index (κ3) is 8.29. The first-order valence-corrected chi connectivity index (χ1v) is 8.56. The highest BCUT2D eigenvalue weighted by Crippen LogP contribution is 2.53. The van der Waals surface area contributed by atoms with Gasteiger partial charge in [-0.05, 0) is 31.6 Å². The molecule has 1 fully saturated rings. The number of rotatable bonds is 3. The Hall–Kier alpha value is -0.990. The van der Waals surface area contributed by atoms with Gasteiger partial charge >= 0.3 is 0 Å². The average Bonchev–Trinajstić information content (AvgIpc) is 2.31. The molecule has 0 amide bonds. The summed E-state index contributed by atoms with van der Waals surface area (Å²) >= 11 is 0. The molecule has 2 atom stereocenters. The zero-order chi connectivity index (χ0) is 18.8. The number of carbonyl (C=O) groups excluding carboxylic acids is 3. The van der Waals surface area contributed by atoms with Crippen molar-refractivity contribution in [3.8, 4) is 0 Å². The van der Waals surface area contributed by atoms with E-state index < -0.39 is 0 Å². The molecule has 0 aromatic rings. The molecule has 1 aliphatic carbocycles. The van der Waals surface area contributed by atoms with Crippen LogP contribution < -0.4 is 0 Å². The summed E-state index contributed by atoms with van der Waals surface area (Å²) in [6.45, 7) is 19.1. The summed E-state index contributed by atoms with van der Waals surface area (Å²) in [5.41, 5.74) is -0.385. The summed E-state index contributed by atoms with van der Waals surface area (Å²) in [4.78, 5) is 33.8. The summed E-state index contributed by atoms with van der Waals surface area (Å²) in [6.07, 6.45) is 1.52. The van der Waals surface area contributed by atoms with Crippen LogP contribution in [-0.4, -0.2) is 17.3 Å². The molecule has 3 heteroatoms. The van der Waals surface area contributed by atoms with Gasteiger partial charge in [-0.1, -0.05) is 70.2 Å². The molecule has 0 aliphatic heterocycles. The molecule has 25 heavy (non-hydrogen) atoms. The molecule has 1 aliphatic rings. The van der Waals surface area contributed by atoms with Gasteiger partial charge in [0, 0.05) is 23.2 Å². The number of ketones is 3. The second-order valence-corrected chi connectivity index (χ2v) is 9.60. The Morgan fingerprint density at radius 2 is 1.24 bits per heavy atom. The molecular formula is C22H44O3. The molecule has 3 nitrogen and oxygen atoms in total. The highest BCUT2D eigenvalue weighted by molar-refractivity contribution is 5.85. The van der Waals surface area contributed by atoms with Crippen LogP contribution in [0, 0.1) is 28.1 Å². The highest BCUT2D eigenvalue weighted by atomic mass is 16.1. The van der Waals surface area contributed by atoms with Gasteiger partial charge in [0.15, 0.2) is 0 Å². The Bertz CT molecular complexity index is 459. The molecule has 0 bridgehead atoms. The molecule has 0 saturated heterocycles. The number of hydrogen-bond acceptors (Lipinski definition) is 3. The standard InChI is InChI=1S/C14H24O2.C6H12O.2CH4/c1-9(15)11-7-10(14(11,5)6)8-12(16)13(2,3)4;1-5(7)6(2,3)4;;/h10-11H,7-8H2,1-6H3;1-4H3;2*1H4. The minimum absolute atomic E-state index is 0. The fourth-order valence-electron chi connectivity index (χ4n) is 2.58. The van der Waals surface area contributed by atoms with Crippen molar-refractivity contribution in [2.75, 3.05) is 0 Å². The van der Waals surface area contributed by atoms with Crippen molar-refractivity contribution < 1.29 is 14.4 Å². The van der Waals surface area contributed by atoms with Crippen LogP contribution in [0.1, 0.15) is 96.9 Å². The van der Waals surface area contributed by atoms with Crippen LogP contribution >= 0.6 is 0 Å². The zero-order valence-electron chi connectivity index (χ0n) is 16.8. The van der Waals surface area contributed by atoms with E-state index in [1.807, 2.05) is 41.5 Å². The van der Waals surface area contributed by atoms with E-state index >= 15 is 0 Å². The lowest BCUT2D eigenvalue weighted by Crippen LogP contribution is -2.49. The number of hydrogen-bond donors (Lipinski definition) is 0. The van der Waals surface area contributed by atoms with Crippen LogP contribution in [0.4, 0.5) is 0 Å². The lowest BCUT2D eigenvalue weighted by molar-refractivity contribution is -0.142. The maximum atomic E-state index is 11.9. The Kier molecular flexibility index (Phi) is 11.1. The predicted molar refractivity (Wildman–Crippen MR) is 109 cm³/mol. The van der Waals surface area contributed by atoms with Gasteiger partial charge in [0.2, 0.25) is 0 Å². The van der Waals surface area contributed by atoms with Gasteiger partial charge in [-0.15, -0.1) is 0 Å². The third-order valence-electron chi connectivity index (χ3n) is 5.29. The van der Waals surface area contributed by atoms with Crippen molar-refractivity contribution in [3.05, 3.63) is 0 Å². The summed E-state index contributed by atoms with van der Waals surface area (Å²) in [5, 5.41) is 0. The molecule has 0 N–H and O–H groups in total. The fraction of sp³-hybridized carbons (Fsp3) is 0.864. The summed E-state index contributed by atoms with van der Waals surface area (Å²) < 4.78 is 0. The highest BCUT2D eigenvalue weighted by Gasteiger charge is 2.50. The van der Waals surface area contributed by atoms with Crippen molar-refractivity contribution in [3.63, 3.8) is 0 Å². The minimum Gasteiger partial charge on any atom is -0.300 e. The van der Waals surface area contributed by atoms with Crippen molar-refractivity contribution in [1.82, 2.24) is 0 Å². The van der Waals surface area contributed by atoms with Crippen LogP contribution in [0.2, 0.25) is 0 Å². The Labute approximate surface area is 157 Å². The van der Waals surface area contributed by atoms with Gasteiger partial charge in [0.25, 0.3) is 0 Å². The van der Waals surface area contributed by atoms with Crippen LogP contribution in [0.15, 0.2) is 0 Å². The van der Waals surface area contributed by atoms with Gasteiger partial charge in [0.1, 0.15) is 17.3 Å². The second-order valence-electron chi connectivity index (χ2n) is 9.60. The zero-order valence-corrected chi connectivity index (χ0v) is 16.8. The fourth-order valence-corrected chi connectivity index (χ4v) is 2.58. The largest absolute Gasteiger partial charge is 0.300 e. The lowest BCUT2D eigenvalue weighted by atomic mass is 9.52. The molecule has 2 unspecified atom stereocenters. The van der Waals surface area contributed by atoms with Gasteiger partial charge < -0.3 is 0 Å². The van der Waals surface area contributed by atoms with E-state index in [0.717, 1.165) is 6.42 Å². The van der Waals surface area contributed by atoms with E-state index in [0.29, 0.717) is 18.1 Å². The van der Waals surface area contributed by atoms with E-state index in [9.17, 15) is 14.4 Å². The summed E-state index contributed by atoms with van der Waals surface area (Å²) in [6, 6.07) is 0. The van der Waals surface area contributed by atoms with Crippen molar-refractivity contribution in [2.24, 2.45) is 28.1 Å². The number of Topliss-reactive ketones (excluding diaryl/α,β-unsaturated/α-hetero) is 3. The Morgan fingerprint density at radius 1 is 0.880 bits per heavy atom. The van der Waals surface area contributed by atoms with E-state index in [2.05, 4.69) is 13.8 Å². The average molecular weight is 357 g/mol. The van der Waals surface area contributed by atoms with Gasteiger partial charge in [-0.3, -0.25) is 14.4 Å². The van der Waals surface area contributed by atoms with E-state index in [-0.39, 0.29) is 48.6 Å². The molecule has 1 rings (SSSR count). The second kappa shape index (κ2) is 9.64. The molecule has 0 aromatic carbocycles. The van der Waals surface area contributed by atoms with E-state index in [1.54, 1.807) is 13.8 Å². The van der Waals surface area contributed by atoms with Gasteiger partial charge in [-0.25, -0.2) is 0 Å². The maximum absolute atomic E-state index is 11.9. The lowest BCUT2D eigenvalue weighted by Gasteiger charge is -2.51.